The minimum Gasteiger partial charge on any atom is -0.390 e. The summed E-state index contributed by atoms with van der Waals surface area (Å²) in [6.07, 6.45) is 3.18. The molecule has 3 aromatic rings. The van der Waals surface area contributed by atoms with Gasteiger partial charge in [-0.1, -0.05) is 35.0 Å². The Morgan fingerprint density at radius 1 is 1.10 bits per heavy atom. The van der Waals surface area contributed by atoms with Gasteiger partial charge in [0.1, 0.15) is 0 Å². The fourth-order valence-corrected chi connectivity index (χ4v) is 3.69. The predicted octanol–water partition coefficient (Wildman–Crippen LogP) is 1.98. The van der Waals surface area contributed by atoms with Gasteiger partial charge in [-0.3, -0.25) is 14.5 Å². The molecule has 0 radical (unpaired) electrons. The molecule has 154 valence electrons. The Balaban J connectivity index is 1.29. The lowest BCUT2D eigenvalue weighted by molar-refractivity contribution is 0.0459. The van der Waals surface area contributed by atoms with E-state index in [0.29, 0.717) is 24.8 Å². The van der Waals surface area contributed by atoms with Crippen LogP contribution in [0.25, 0.3) is 11.4 Å². The van der Waals surface area contributed by atoms with Gasteiger partial charge in [-0.15, -0.1) is 0 Å². The molecular formula is C21H28N6O2. The molecule has 1 aromatic carbocycles. The van der Waals surface area contributed by atoms with E-state index in [1.807, 2.05) is 24.4 Å². The number of aliphatic hydroxyl groups is 1. The number of aryl methyl sites for hydroxylation is 1. The molecule has 29 heavy (non-hydrogen) atoms. The molecule has 0 spiro atoms. The maximum atomic E-state index is 10.3. The molecule has 4 rings (SSSR count). The van der Waals surface area contributed by atoms with Gasteiger partial charge in [0, 0.05) is 50.7 Å². The van der Waals surface area contributed by atoms with E-state index in [9.17, 15) is 5.11 Å². The van der Waals surface area contributed by atoms with Gasteiger partial charge >= 0.3 is 0 Å². The first-order chi connectivity index (χ1) is 14.1. The average molecular weight is 396 g/mol. The summed E-state index contributed by atoms with van der Waals surface area (Å²) in [6.45, 7) is 8.94. The largest absolute Gasteiger partial charge is 0.390 e. The summed E-state index contributed by atoms with van der Waals surface area (Å²) >= 11 is 0. The normalized spacial score (nSPS) is 18.0. The summed E-state index contributed by atoms with van der Waals surface area (Å²) in [5.74, 6) is 1.28. The van der Waals surface area contributed by atoms with Crippen LogP contribution in [0.1, 0.15) is 24.4 Å². The van der Waals surface area contributed by atoms with Gasteiger partial charge in [0.15, 0.2) is 0 Å². The zero-order chi connectivity index (χ0) is 20.2. The lowest BCUT2D eigenvalue weighted by atomic mass is 10.1. The van der Waals surface area contributed by atoms with Crippen LogP contribution in [0.5, 0.6) is 0 Å². The molecule has 2 atom stereocenters. The van der Waals surface area contributed by atoms with Crippen molar-refractivity contribution in [1.82, 2.24) is 29.7 Å². The summed E-state index contributed by atoms with van der Waals surface area (Å²) in [6, 6.07) is 10.1. The third-order valence-corrected chi connectivity index (χ3v) is 5.49. The lowest BCUT2D eigenvalue weighted by Crippen LogP contribution is -2.49. The molecule has 0 saturated carbocycles. The number of aromatic nitrogens is 4. The third-order valence-electron chi connectivity index (χ3n) is 5.49. The molecule has 3 heterocycles. The van der Waals surface area contributed by atoms with Crippen molar-refractivity contribution >= 4 is 0 Å². The number of nitrogens with zero attached hydrogens (tertiary/aromatic N) is 6. The lowest BCUT2D eigenvalue weighted by Gasteiger charge is -2.37. The minimum atomic E-state index is -0.424. The van der Waals surface area contributed by atoms with Crippen molar-refractivity contribution in [2.45, 2.75) is 32.5 Å². The van der Waals surface area contributed by atoms with Crippen molar-refractivity contribution in [2.24, 2.45) is 0 Å². The number of piperazine rings is 1. The van der Waals surface area contributed by atoms with Crippen molar-refractivity contribution in [1.29, 1.82) is 0 Å². The van der Waals surface area contributed by atoms with E-state index in [0.717, 1.165) is 31.7 Å². The van der Waals surface area contributed by atoms with Crippen LogP contribution in [0.3, 0.4) is 0 Å². The van der Waals surface area contributed by atoms with Gasteiger partial charge in [-0.05, 0) is 19.9 Å². The van der Waals surface area contributed by atoms with Gasteiger partial charge in [-0.25, -0.2) is 0 Å². The number of aliphatic hydroxyl groups excluding tert-OH is 1. The minimum absolute atomic E-state index is 0.0675. The Kier molecular flexibility index (Phi) is 6.03. The topological polar surface area (TPSA) is 83.5 Å². The molecule has 1 aliphatic heterocycles. The van der Waals surface area contributed by atoms with Crippen LogP contribution in [0.15, 0.2) is 47.2 Å². The first-order valence-corrected chi connectivity index (χ1v) is 10.1. The van der Waals surface area contributed by atoms with Crippen molar-refractivity contribution in [3.05, 3.63) is 54.2 Å². The average Bonchev–Trinajstić information content (AvgIpc) is 3.41. The van der Waals surface area contributed by atoms with Crippen LogP contribution in [0, 0.1) is 6.92 Å². The standard InChI is InChI=1S/C21H28N6O2/c1-16-4-6-18(7-5-16)20-23-21(29-24-20)17(2)26-12-10-25(11-13-26)14-19(28)15-27-9-3-8-22-27/h3-9,17,19,28H,10-15H2,1-2H3/t17-,19+/m1/s1. The van der Waals surface area contributed by atoms with Gasteiger partial charge < -0.3 is 9.63 Å². The Morgan fingerprint density at radius 2 is 1.86 bits per heavy atom. The quantitative estimate of drug-likeness (QED) is 0.654. The van der Waals surface area contributed by atoms with E-state index in [1.54, 1.807) is 10.9 Å². The smallest absolute Gasteiger partial charge is 0.244 e. The molecule has 0 aliphatic carbocycles. The number of β-amino-alcohol motifs (C(OH)–C–C–N with tert-alkyl or cyclic N) is 1. The van der Waals surface area contributed by atoms with Gasteiger partial charge in [0.05, 0.1) is 18.7 Å². The van der Waals surface area contributed by atoms with E-state index in [4.69, 9.17) is 4.52 Å². The molecule has 8 nitrogen and oxygen atoms in total. The first kappa shape index (κ1) is 19.8. The molecule has 1 aliphatic rings. The van der Waals surface area contributed by atoms with Gasteiger partial charge in [0.2, 0.25) is 11.7 Å². The van der Waals surface area contributed by atoms with E-state index >= 15 is 0 Å². The second-order valence-electron chi connectivity index (χ2n) is 7.72. The zero-order valence-corrected chi connectivity index (χ0v) is 17.0. The Bertz CT molecular complexity index is 884. The Hall–Kier alpha value is -2.55. The molecule has 0 unspecified atom stereocenters. The monoisotopic (exact) mass is 396 g/mol. The van der Waals surface area contributed by atoms with Crippen LogP contribution < -0.4 is 0 Å². The Morgan fingerprint density at radius 3 is 2.55 bits per heavy atom. The van der Waals surface area contributed by atoms with Crippen LogP contribution in [-0.2, 0) is 6.54 Å². The van der Waals surface area contributed by atoms with Crippen LogP contribution in [0.4, 0.5) is 0 Å². The molecular weight excluding hydrogens is 368 g/mol. The summed E-state index contributed by atoms with van der Waals surface area (Å²) in [5.41, 5.74) is 2.17. The summed E-state index contributed by atoms with van der Waals surface area (Å²) in [4.78, 5) is 9.26. The maximum Gasteiger partial charge on any atom is 0.244 e. The highest BCUT2D eigenvalue weighted by Gasteiger charge is 2.26. The fraction of sp³-hybridized carbons (Fsp3) is 0.476. The summed E-state index contributed by atoms with van der Waals surface area (Å²) in [7, 11) is 0. The van der Waals surface area contributed by atoms with Crippen molar-refractivity contribution in [3.8, 4) is 11.4 Å². The fourth-order valence-electron chi connectivity index (χ4n) is 3.69. The van der Waals surface area contributed by atoms with Gasteiger partial charge in [0.25, 0.3) is 0 Å². The van der Waals surface area contributed by atoms with Crippen LogP contribution >= 0.6 is 0 Å². The SMILES string of the molecule is Cc1ccc(-c2noc([C@@H](C)N3CCN(C[C@H](O)Cn4cccn4)CC3)n2)cc1. The summed E-state index contributed by atoms with van der Waals surface area (Å²) < 4.78 is 7.32. The molecule has 1 fully saturated rings. The molecule has 0 bridgehead atoms. The van der Waals surface area contributed by atoms with Crippen molar-refractivity contribution in [3.63, 3.8) is 0 Å². The molecule has 8 heteroatoms. The van der Waals surface area contributed by atoms with E-state index in [2.05, 4.69) is 51.0 Å². The zero-order valence-electron chi connectivity index (χ0n) is 17.0. The second-order valence-corrected chi connectivity index (χ2v) is 7.72. The highest BCUT2D eigenvalue weighted by Crippen LogP contribution is 2.23. The Labute approximate surface area is 170 Å². The first-order valence-electron chi connectivity index (χ1n) is 10.1. The molecule has 2 aromatic heterocycles. The summed E-state index contributed by atoms with van der Waals surface area (Å²) in [5, 5.41) is 18.6. The second kappa shape index (κ2) is 8.86. The van der Waals surface area contributed by atoms with E-state index in [1.165, 1.54) is 5.56 Å². The highest BCUT2D eigenvalue weighted by molar-refractivity contribution is 5.54. The predicted molar refractivity (Wildman–Crippen MR) is 109 cm³/mol. The van der Waals surface area contributed by atoms with Crippen LogP contribution in [0.2, 0.25) is 0 Å². The molecule has 0 amide bonds. The number of rotatable bonds is 7. The number of benzene rings is 1. The van der Waals surface area contributed by atoms with Crippen molar-refractivity contribution < 1.29 is 9.63 Å². The third kappa shape index (κ3) is 4.90. The number of hydrogen-bond acceptors (Lipinski definition) is 7. The molecule has 1 N–H and O–H groups in total. The van der Waals surface area contributed by atoms with Crippen molar-refractivity contribution in [2.75, 3.05) is 32.7 Å². The van der Waals surface area contributed by atoms with Crippen LogP contribution in [-0.4, -0.2) is 73.7 Å². The highest BCUT2D eigenvalue weighted by atomic mass is 16.5. The molecule has 1 saturated heterocycles. The number of hydrogen-bond donors (Lipinski definition) is 1. The van der Waals surface area contributed by atoms with E-state index < -0.39 is 6.10 Å². The maximum absolute atomic E-state index is 10.3. The van der Waals surface area contributed by atoms with E-state index in [-0.39, 0.29) is 6.04 Å². The van der Waals surface area contributed by atoms with Gasteiger partial charge in [-0.2, -0.15) is 10.1 Å².